The van der Waals surface area contributed by atoms with E-state index in [9.17, 15) is 20.4 Å². The molecule has 4 N–H and O–H groups in total. The van der Waals surface area contributed by atoms with Crippen LogP contribution in [-0.4, -0.2) is 63.8 Å². The molecule has 1 aliphatic carbocycles. The molecule has 0 aromatic heterocycles. The van der Waals surface area contributed by atoms with Gasteiger partial charge in [0.2, 0.25) is 0 Å². The highest BCUT2D eigenvalue weighted by atomic mass is 35.5. The number of hydrogen-bond donors (Lipinski definition) is 4. The maximum absolute atomic E-state index is 10.4. The van der Waals surface area contributed by atoms with E-state index in [1.54, 1.807) is 12.1 Å². The van der Waals surface area contributed by atoms with E-state index in [1.807, 2.05) is 37.3 Å². The maximum atomic E-state index is 10.4. The number of aliphatic hydroxyl groups excluding tert-OH is 4. The van der Waals surface area contributed by atoms with Gasteiger partial charge in [0.15, 0.2) is 0 Å². The number of ether oxygens (including phenoxy) is 1. The molecule has 0 spiro atoms. The normalized spacial score (nSPS) is 28.1. The van der Waals surface area contributed by atoms with E-state index in [4.69, 9.17) is 21.2 Å². The fourth-order valence-electron chi connectivity index (χ4n) is 3.94. The summed E-state index contributed by atoms with van der Waals surface area (Å²) in [6.07, 6.45) is -3.00. The molecule has 8 heteroatoms. The van der Waals surface area contributed by atoms with Crippen LogP contribution in [0.2, 0.25) is 5.02 Å². The lowest BCUT2D eigenvalue weighted by molar-refractivity contribution is -0.231. The van der Waals surface area contributed by atoms with Crippen LogP contribution < -0.4 is 0 Å². The third kappa shape index (κ3) is 5.74. The van der Waals surface area contributed by atoms with Crippen LogP contribution in [0.4, 0.5) is 0 Å². The molecule has 0 amide bonds. The highest BCUT2D eigenvalue weighted by molar-refractivity contribution is 6.31. The number of halogens is 1. The molecule has 2 aromatic rings. The van der Waals surface area contributed by atoms with Crippen molar-refractivity contribution < 1.29 is 30.0 Å². The molecular formula is C25H30ClNO6. The minimum atomic E-state index is -1.43. The Balaban J connectivity index is 1.46. The summed E-state index contributed by atoms with van der Waals surface area (Å²) in [5, 5.41) is 44.8. The molecule has 2 aliphatic rings. The second kappa shape index (κ2) is 10.5. The topological polar surface area (TPSA) is 112 Å². The number of oxime groups is 1. The van der Waals surface area contributed by atoms with Crippen molar-refractivity contribution in [2.45, 2.75) is 56.7 Å². The van der Waals surface area contributed by atoms with Gasteiger partial charge >= 0.3 is 0 Å². The zero-order chi connectivity index (χ0) is 23.5. The first-order chi connectivity index (χ1) is 15.9. The van der Waals surface area contributed by atoms with E-state index in [0.29, 0.717) is 29.5 Å². The first-order valence-electron chi connectivity index (χ1n) is 11.2. The predicted molar refractivity (Wildman–Crippen MR) is 124 cm³/mol. The molecule has 2 fully saturated rings. The smallest absolute Gasteiger partial charge is 0.120 e. The van der Waals surface area contributed by atoms with Crippen LogP contribution in [0.1, 0.15) is 48.1 Å². The summed E-state index contributed by atoms with van der Waals surface area (Å²) in [4.78, 5) is 5.41. The standard InChI is InChI=1S/C25H30ClNO6/c1-14(27-32-13-16-2-3-16)17-6-4-15(5-7-17)10-19-11-18(8-9-20(19)26)25-24(31)23(30)22(29)21(12-28)33-25/h4-9,11,16,21-25,28-31H,2-3,10,12-13H2,1H3. The van der Waals surface area contributed by atoms with Gasteiger partial charge in [-0.15, -0.1) is 0 Å². The molecule has 1 aliphatic heterocycles. The van der Waals surface area contributed by atoms with Crippen LogP contribution in [0, 0.1) is 5.92 Å². The Morgan fingerprint density at radius 3 is 2.45 bits per heavy atom. The highest BCUT2D eigenvalue weighted by Gasteiger charge is 2.44. The van der Waals surface area contributed by atoms with E-state index < -0.39 is 37.1 Å². The Kier molecular flexibility index (Phi) is 7.69. The predicted octanol–water partition coefficient (Wildman–Crippen LogP) is 2.60. The van der Waals surface area contributed by atoms with E-state index >= 15 is 0 Å². The average Bonchev–Trinajstić information content (AvgIpc) is 3.64. The van der Waals surface area contributed by atoms with E-state index in [2.05, 4.69) is 5.16 Å². The summed E-state index contributed by atoms with van der Waals surface area (Å²) in [5.74, 6) is 0.660. The van der Waals surface area contributed by atoms with Crippen molar-refractivity contribution in [1.29, 1.82) is 0 Å². The van der Waals surface area contributed by atoms with Crippen molar-refractivity contribution in [2.24, 2.45) is 11.1 Å². The van der Waals surface area contributed by atoms with Gasteiger partial charge in [0.25, 0.3) is 0 Å². The van der Waals surface area contributed by atoms with Gasteiger partial charge < -0.3 is 30.0 Å². The van der Waals surface area contributed by atoms with E-state index in [0.717, 1.165) is 22.4 Å². The van der Waals surface area contributed by atoms with Crippen molar-refractivity contribution in [1.82, 2.24) is 0 Å². The highest BCUT2D eigenvalue weighted by Crippen LogP contribution is 2.34. The van der Waals surface area contributed by atoms with Gasteiger partial charge in [0.05, 0.1) is 12.3 Å². The van der Waals surface area contributed by atoms with Crippen molar-refractivity contribution in [3.05, 3.63) is 69.7 Å². The first-order valence-corrected chi connectivity index (χ1v) is 11.6. The van der Waals surface area contributed by atoms with Crippen molar-refractivity contribution in [3.8, 4) is 0 Å². The molecule has 7 nitrogen and oxygen atoms in total. The third-order valence-corrected chi connectivity index (χ3v) is 6.63. The van der Waals surface area contributed by atoms with Gasteiger partial charge in [-0.05, 0) is 60.4 Å². The van der Waals surface area contributed by atoms with E-state index in [-0.39, 0.29) is 0 Å². The second-order valence-corrected chi connectivity index (χ2v) is 9.30. The number of benzene rings is 2. The molecule has 0 bridgehead atoms. The lowest BCUT2D eigenvalue weighted by atomic mass is 9.90. The van der Waals surface area contributed by atoms with Gasteiger partial charge in [-0.3, -0.25) is 0 Å². The van der Waals surface area contributed by atoms with Crippen LogP contribution in [0.15, 0.2) is 47.6 Å². The minimum Gasteiger partial charge on any atom is -0.395 e. The number of rotatable bonds is 8. The molecule has 5 atom stereocenters. The Morgan fingerprint density at radius 2 is 1.79 bits per heavy atom. The van der Waals surface area contributed by atoms with Crippen LogP contribution >= 0.6 is 11.6 Å². The lowest BCUT2D eigenvalue weighted by Gasteiger charge is -2.40. The van der Waals surface area contributed by atoms with Gasteiger partial charge in [0.1, 0.15) is 37.1 Å². The summed E-state index contributed by atoms with van der Waals surface area (Å²) in [5.41, 5.74) is 4.29. The molecule has 1 heterocycles. The van der Waals surface area contributed by atoms with E-state index in [1.165, 1.54) is 12.8 Å². The van der Waals surface area contributed by atoms with Gasteiger partial charge in [0, 0.05) is 5.02 Å². The molecular weight excluding hydrogens is 446 g/mol. The fraction of sp³-hybridized carbons (Fsp3) is 0.480. The molecule has 178 valence electrons. The van der Waals surface area contributed by atoms with Crippen LogP contribution in [-0.2, 0) is 16.0 Å². The Hall–Kier alpha value is -2.00. The Morgan fingerprint density at radius 1 is 1.06 bits per heavy atom. The fourth-order valence-corrected chi connectivity index (χ4v) is 4.13. The number of aliphatic hydroxyl groups is 4. The summed E-state index contributed by atoms with van der Waals surface area (Å²) in [7, 11) is 0. The SMILES string of the molecule is CC(=NOCC1CC1)c1ccc(Cc2cc(C3OC(CO)C(O)C(O)C3O)ccc2Cl)cc1. The second-order valence-electron chi connectivity index (χ2n) is 8.89. The zero-order valence-corrected chi connectivity index (χ0v) is 19.2. The molecule has 4 rings (SSSR count). The molecule has 2 aromatic carbocycles. The largest absolute Gasteiger partial charge is 0.395 e. The monoisotopic (exact) mass is 475 g/mol. The number of hydrogen-bond acceptors (Lipinski definition) is 7. The zero-order valence-electron chi connectivity index (χ0n) is 18.5. The van der Waals surface area contributed by atoms with Gasteiger partial charge in [-0.1, -0.05) is 53.2 Å². The van der Waals surface area contributed by atoms with Crippen molar-refractivity contribution in [3.63, 3.8) is 0 Å². The Bertz CT molecular complexity index is 975. The van der Waals surface area contributed by atoms with Crippen LogP contribution in [0.3, 0.4) is 0 Å². The van der Waals surface area contributed by atoms with Crippen molar-refractivity contribution in [2.75, 3.05) is 13.2 Å². The molecule has 5 unspecified atom stereocenters. The third-order valence-electron chi connectivity index (χ3n) is 6.27. The minimum absolute atomic E-state index is 0.470. The first kappa shape index (κ1) is 24.1. The molecule has 1 saturated heterocycles. The van der Waals surface area contributed by atoms with Gasteiger partial charge in [-0.2, -0.15) is 0 Å². The summed E-state index contributed by atoms with van der Waals surface area (Å²) in [6, 6.07) is 13.2. The maximum Gasteiger partial charge on any atom is 0.120 e. The summed E-state index contributed by atoms with van der Waals surface area (Å²) >= 11 is 6.43. The Labute approximate surface area is 198 Å². The van der Waals surface area contributed by atoms with Crippen molar-refractivity contribution >= 4 is 17.3 Å². The van der Waals surface area contributed by atoms with Crippen LogP contribution in [0.5, 0.6) is 0 Å². The lowest BCUT2D eigenvalue weighted by Crippen LogP contribution is -2.55. The van der Waals surface area contributed by atoms with Gasteiger partial charge in [-0.25, -0.2) is 0 Å². The summed E-state index contributed by atoms with van der Waals surface area (Å²) < 4.78 is 5.68. The molecule has 1 saturated carbocycles. The van der Waals surface area contributed by atoms with Crippen LogP contribution in [0.25, 0.3) is 0 Å². The number of nitrogens with zero attached hydrogens (tertiary/aromatic N) is 1. The average molecular weight is 476 g/mol. The molecule has 33 heavy (non-hydrogen) atoms. The summed E-state index contributed by atoms with van der Waals surface area (Å²) in [6.45, 7) is 2.13. The quantitative estimate of drug-likeness (QED) is 0.345. The molecule has 0 radical (unpaired) electrons.